The molecule has 0 aliphatic rings. The van der Waals surface area contributed by atoms with Gasteiger partial charge in [-0.25, -0.2) is 13.6 Å². The Labute approximate surface area is 81.8 Å². The van der Waals surface area contributed by atoms with Gasteiger partial charge in [0, 0.05) is 5.56 Å². The van der Waals surface area contributed by atoms with Gasteiger partial charge >= 0.3 is 0 Å². The highest BCUT2D eigenvalue weighted by atomic mass is 32.2. The third-order valence-corrected chi connectivity index (χ3v) is 2.81. The lowest BCUT2D eigenvalue weighted by Crippen LogP contribution is -2.14. The predicted molar refractivity (Wildman–Crippen MR) is 50.0 cm³/mol. The second-order valence-corrected chi connectivity index (χ2v) is 4.38. The highest BCUT2D eigenvalue weighted by Gasteiger charge is 2.13. The number of primary sulfonamides is 1. The molecule has 6 heteroatoms. The van der Waals surface area contributed by atoms with Crippen molar-refractivity contribution in [2.45, 2.75) is 11.8 Å². The van der Waals surface area contributed by atoms with Crippen LogP contribution in [0.4, 0.5) is 0 Å². The lowest BCUT2D eigenvalue weighted by molar-refractivity contribution is 0.0992. The molecule has 0 heterocycles. The molecule has 0 aromatic heterocycles. The van der Waals surface area contributed by atoms with E-state index in [0.29, 0.717) is 5.56 Å². The third-order valence-electron chi connectivity index (χ3n) is 1.76. The molecular weight excluding hydrogens is 204 g/mol. The van der Waals surface area contributed by atoms with Crippen molar-refractivity contribution in [1.29, 1.82) is 0 Å². The molecule has 0 aliphatic carbocycles. The zero-order valence-corrected chi connectivity index (χ0v) is 8.26. The van der Waals surface area contributed by atoms with Gasteiger partial charge < -0.3 is 0 Å². The Balaban J connectivity index is 3.44. The molecule has 0 aliphatic heterocycles. The van der Waals surface area contributed by atoms with Gasteiger partial charge in [0.1, 0.15) is 0 Å². The molecule has 0 atom stereocenters. The first kappa shape index (κ1) is 10.7. The smallest absolute Gasteiger partial charge is 0.267 e. The van der Waals surface area contributed by atoms with Crippen molar-refractivity contribution >= 4 is 15.9 Å². The lowest BCUT2D eigenvalue weighted by atomic mass is 10.1. The Hall–Kier alpha value is -1.40. The molecule has 1 rings (SSSR count). The van der Waals surface area contributed by atoms with Crippen LogP contribution in [0.2, 0.25) is 0 Å². The summed E-state index contributed by atoms with van der Waals surface area (Å²) in [7, 11) is -3.83. The van der Waals surface area contributed by atoms with Crippen molar-refractivity contribution < 1.29 is 13.2 Å². The number of nitrogens with two attached hydrogens (primary N) is 1. The number of benzene rings is 1. The summed E-state index contributed by atoms with van der Waals surface area (Å²) in [6.45, 7) is 1.57. The van der Waals surface area contributed by atoms with E-state index in [4.69, 9.17) is 10.9 Å². The van der Waals surface area contributed by atoms with Crippen LogP contribution in [0.15, 0.2) is 23.1 Å². The summed E-state index contributed by atoms with van der Waals surface area (Å²) in [5.41, 5.74) is 7.29. The fraction of sp³-hybridized carbons (Fsp3) is 0.125. The van der Waals surface area contributed by atoms with Crippen LogP contribution >= 0.6 is 0 Å². The van der Waals surface area contributed by atoms with Gasteiger partial charge in [0.15, 0.2) is 0 Å². The molecule has 75 valence electrons. The van der Waals surface area contributed by atoms with E-state index in [0.717, 1.165) is 6.07 Å². The topological polar surface area (TPSA) is 101 Å². The Morgan fingerprint density at radius 2 is 2.00 bits per heavy atom. The summed E-state index contributed by atoms with van der Waals surface area (Å²) < 4.78 is 22.1. The Morgan fingerprint density at radius 1 is 1.43 bits per heavy atom. The molecule has 3 N–H and O–H groups in total. The number of amides is 1. The summed E-state index contributed by atoms with van der Waals surface area (Å²) in [6.07, 6.45) is 0. The largest absolute Gasteiger partial charge is 0.269 e. The molecule has 14 heavy (non-hydrogen) atoms. The molecule has 1 amide bonds. The fourth-order valence-corrected chi connectivity index (χ4v) is 1.86. The van der Waals surface area contributed by atoms with Gasteiger partial charge in [-0.1, -0.05) is 6.07 Å². The average Bonchev–Trinajstić information content (AvgIpc) is 2.02. The standard InChI is InChI=1S/C8H9N2O3S/c1-5-2-3-6(8(9)11)4-7(5)14(10,12)13/h2-4,9H,1H3,(H2,10,12,13). The Kier molecular flexibility index (Phi) is 2.59. The third kappa shape index (κ3) is 2.09. The molecular formula is C8H9N2O3S. The monoisotopic (exact) mass is 213 g/mol. The summed E-state index contributed by atoms with van der Waals surface area (Å²) >= 11 is 0. The number of carbonyl (C=O) groups excluding carboxylic acids is 1. The molecule has 0 saturated carbocycles. The molecule has 1 radical (unpaired) electrons. The second kappa shape index (κ2) is 3.39. The minimum atomic E-state index is -3.83. The van der Waals surface area contributed by atoms with E-state index < -0.39 is 15.9 Å². The van der Waals surface area contributed by atoms with E-state index in [1.807, 2.05) is 0 Å². The first-order valence-corrected chi connectivity index (χ1v) is 5.26. The van der Waals surface area contributed by atoms with Crippen LogP contribution in [-0.2, 0) is 10.0 Å². The number of carbonyl (C=O) groups is 1. The molecule has 0 unspecified atom stereocenters. The van der Waals surface area contributed by atoms with E-state index in [-0.39, 0.29) is 10.5 Å². The fourth-order valence-electron chi connectivity index (χ4n) is 1.05. The maximum atomic E-state index is 11.0. The number of aryl methyl sites for hydroxylation is 1. The summed E-state index contributed by atoms with van der Waals surface area (Å²) in [6, 6.07) is 3.95. The van der Waals surface area contributed by atoms with Gasteiger partial charge in [0.25, 0.3) is 5.91 Å². The minimum absolute atomic E-state index is 0.0135. The zero-order chi connectivity index (χ0) is 10.9. The number of rotatable bonds is 2. The maximum Gasteiger partial charge on any atom is 0.269 e. The quantitative estimate of drug-likeness (QED) is 0.751. The van der Waals surface area contributed by atoms with Gasteiger partial charge in [0.2, 0.25) is 10.0 Å². The maximum absolute atomic E-state index is 11.0. The van der Waals surface area contributed by atoms with E-state index in [2.05, 4.69) is 0 Å². The molecule has 0 bridgehead atoms. The van der Waals surface area contributed by atoms with Gasteiger partial charge in [-0.05, 0) is 24.6 Å². The van der Waals surface area contributed by atoms with Crippen LogP contribution < -0.4 is 10.9 Å². The molecule has 0 saturated heterocycles. The summed E-state index contributed by atoms with van der Waals surface area (Å²) in [5, 5.41) is 4.93. The van der Waals surface area contributed by atoms with Crippen molar-refractivity contribution in [2.75, 3.05) is 0 Å². The van der Waals surface area contributed by atoms with Crippen LogP contribution in [0.5, 0.6) is 0 Å². The van der Waals surface area contributed by atoms with Crippen molar-refractivity contribution in [2.24, 2.45) is 5.14 Å². The highest BCUT2D eigenvalue weighted by molar-refractivity contribution is 7.89. The molecule has 5 nitrogen and oxygen atoms in total. The normalized spacial score (nSPS) is 11.3. The molecule has 1 aromatic rings. The van der Waals surface area contributed by atoms with E-state index in [1.54, 1.807) is 6.92 Å². The van der Waals surface area contributed by atoms with E-state index in [1.165, 1.54) is 12.1 Å². The van der Waals surface area contributed by atoms with E-state index >= 15 is 0 Å². The predicted octanol–water partition coefficient (Wildman–Crippen LogP) is 0.0655. The first-order valence-electron chi connectivity index (χ1n) is 3.72. The number of sulfonamides is 1. The number of hydrogen-bond donors (Lipinski definition) is 1. The summed E-state index contributed by atoms with van der Waals surface area (Å²) in [5.74, 6) is -0.935. The minimum Gasteiger partial charge on any atom is -0.267 e. The van der Waals surface area contributed by atoms with Crippen LogP contribution in [0.25, 0.3) is 0 Å². The van der Waals surface area contributed by atoms with Gasteiger partial charge in [-0.15, -0.1) is 0 Å². The lowest BCUT2D eigenvalue weighted by Gasteiger charge is -2.03. The molecule has 0 fully saturated rings. The van der Waals surface area contributed by atoms with Crippen molar-refractivity contribution in [3.05, 3.63) is 29.3 Å². The van der Waals surface area contributed by atoms with Crippen LogP contribution in [0, 0.1) is 6.92 Å². The van der Waals surface area contributed by atoms with Crippen molar-refractivity contribution in [3.8, 4) is 0 Å². The summed E-state index contributed by atoms with van der Waals surface area (Å²) in [4.78, 5) is 10.6. The molecule has 1 aromatic carbocycles. The van der Waals surface area contributed by atoms with Gasteiger partial charge in [-0.2, -0.15) is 0 Å². The molecule has 0 spiro atoms. The van der Waals surface area contributed by atoms with Crippen LogP contribution in [0.1, 0.15) is 15.9 Å². The van der Waals surface area contributed by atoms with Gasteiger partial charge in [-0.3, -0.25) is 10.5 Å². The highest BCUT2D eigenvalue weighted by Crippen LogP contribution is 2.15. The Bertz CT molecular complexity index is 479. The van der Waals surface area contributed by atoms with E-state index in [9.17, 15) is 13.2 Å². The number of nitrogens with one attached hydrogen (secondary N) is 1. The SMILES string of the molecule is Cc1ccc(C([NH])=O)cc1S(N)(=O)=O. The second-order valence-electron chi connectivity index (χ2n) is 2.85. The first-order chi connectivity index (χ1) is 6.32. The van der Waals surface area contributed by atoms with Crippen molar-refractivity contribution in [3.63, 3.8) is 0 Å². The average molecular weight is 213 g/mol. The van der Waals surface area contributed by atoms with Crippen LogP contribution in [-0.4, -0.2) is 14.3 Å². The zero-order valence-electron chi connectivity index (χ0n) is 7.44. The Morgan fingerprint density at radius 3 is 2.43 bits per heavy atom. The van der Waals surface area contributed by atoms with Crippen LogP contribution in [0.3, 0.4) is 0 Å². The van der Waals surface area contributed by atoms with Gasteiger partial charge in [0.05, 0.1) is 4.90 Å². The number of hydrogen-bond acceptors (Lipinski definition) is 3. The van der Waals surface area contributed by atoms with Crippen molar-refractivity contribution in [1.82, 2.24) is 5.73 Å².